The zero-order valence-corrected chi connectivity index (χ0v) is 10.3. The van der Waals surface area contributed by atoms with Crippen LogP contribution in [0.1, 0.15) is 17.9 Å². The number of hydrogen-bond donors (Lipinski definition) is 1. The van der Waals surface area contributed by atoms with Gasteiger partial charge in [0.25, 0.3) is 0 Å². The van der Waals surface area contributed by atoms with Crippen LogP contribution in [0.5, 0.6) is 11.5 Å². The fourth-order valence-electron chi connectivity index (χ4n) is 2.32. The normalized spacial score (nSPS) is 21.6. The topological polar surface area (TPSA) is 35.2 Å². The van der Waals surface area contributed by atoms with Crippen molar-refractivity contribution >= 4 is 0 Å². The molecule has 2 atom stereocenters. The Bertz CT molecular complexity index is 506. The molecular formula is C16H17NO. The molecule has 18 heavy (non-hydrogen) atoms. The highest BCUT2D eigenvalue weighted by Crippen LogP contribution is 2.46. The van der Waals surface area contributed by atoms with Crippen LogP contribution in [0, 0.1) is 5.92 Å². The SMILES string of the molecule is NCC1CC1c1ccc(Oc2ccccc2)cc1. The van der Waals surface area contributed by atoms with E-state index in [0.29, 0.717) is 11.8 Å². The van der Waals surface area contributed by atoms with Crippen LogP contribution >= 0.6 is 0 Å². The predicted molar refractivity (Wildman–Crippen MR) is 72.9 cm³/mol. The van der Waals surface area contributed by atoms with E-state index in [-0.39, 0.29) is 0 Å². The van der Waals surface area contributed by atoms with Gasteiger partial charge >= 0.3 is 0 Å². The predicted octanol–water partition coefficient (Wildman–Crippen LogP) is 3.54. The van der Waals surface area contributed by atoms with Crippen molar-refractivity contribution in [3.63, 3.8) is 0 Å². The first kappa shape index (κ1) is 11.3. The summed E-state index contributed by atoms with van der Waals surface area (Å²) in [6, 6.07) is 18.2. The van der Waals surface area contributed by atoms with Gasteiger partial charge in [-0.25, -0.2) is 0 Å². The van der Waals surface area contributed by atoms with Crippen LogP contribution in [0.15, 0.2) is 54.6 Å². The van der Waals surface area contributed by atoms with Gasteiger partial charge in [0.15, 0.2) is 0 Å². The first-order valence-electron chi connectivity index (χ1n) is 6.40. The van der Waals surface area contributed by atoms with Crippen LogP contribution in [-0.4, -0.2) is 6.54 Å². The van der Waals surface area contributed by atoms with Crippen molar-refractivity contribution in [1.29, 1.82) is 0 Å². The third kappa shape index (κ3) is 2.39. The molecule has 0 aliphatic heterocycles. The van der Waals surface area contributed by atoms with Crippen molar-refractivity contribution in [3.8, 4) is 11.5 Å². The van der Waals surface area contributed by atoms with Crippen molar-refractivity contribution in [2.75, 3.05) is 6.54 Å². The van der Waals surface area contributed by atoms with E-state index in [1.807, 2.05) is 42.5 Å². The van der Waals surface area contributed by atoms with Crippen LogP contribution < -0.4 is 10.5 Å². The second-order valence-corrected chi connectivity index (χ2v) is 4.82. The molecule has 1 fully saturated rings. The Morgan fingerprint density at radius 3 is 2.22 bits per heavy atom. The Labute approximate surface area is 107 Å². The minimum atomic E-state index is 0.667. The second-order valence-electron chi connectivity index (χ2n) is 4.82. The molecule has 2 N–H and O–H groups in total. The summed E-state index contributed by atoms with van der Waals surface area (Å²) in [5.74, 6) is 3.11. The molecule has 92 valence electrons. The second kappa shape index (κ2) is 4.83. The average Bonchev–Trinajstić information content (AvgIpc) is 3.20. The smallest absolute Gasteiger partial charge is 0.127 e. The summed E-state index contributed by atoms with van der Waals surface area (Å²) in [5.41, 5.74) is 7.05. The Morgan fingerprint density at radius 2 is 1.61 bits per heavy atom. The van der Waals surface area contributed by atoms with E-state index >= 15 is 0 Å². The lowest BCUT2D eigenvalue weighted by molar-refractivity contribution is 0.482. The average molecular weight is 239 g/mol. The van der Waals surface area contributed by atoms with Crippen molar-refractivity contribution in [2.45, 2.75) is 12.3 Å². The number of para-hydroxylation sites is 1. The monoisotopic (exact) mass is 239 g/mol. The fourth-order valence-corrected chi connectivity index (χ4v) is 2.32. The third-order valence-electron chi connectivity index (χ3n) is 3.51. The molecule has 2 nitrogen and oxygen atoms in total. The van der Waals surface area contributed by atoms with Crippen LogP contribution in [0.3, 0.4) is 0 Å². The summed E-state index contributed by atoms with van der Waals surface area (Å²) in [6.07, 6.45) is 1.23. The molecule has 1 aliphatic carbocycles. The molecule has 3 rings (SSSR count). The molecule has 0 aromatic heterocycles. The van der Waals surface area contributed by atoms with Gasteiger partial charge in [-0.1, -0.05) is 30.3 Å². The Hall–Kier alpha value is -1.80. The van der Waals surface area contributed by atoms with Gasteiger partial charge in [0.1, 0.15) is 11.5 Å². The fraction of sp³-hybridized carbons (Fsp3) is 0.250. The van der Waals surface area contributed by atoms with Gasteiger partial charge in [0.05, 0.1) is 0 Å². The molecule has 2 heteroatoms. The van der Waals surface area contributed by atoms with Crippen molar-refractivity contribution in [2.24, 2.45) is 11.7 Å². The molecule has 0 heterocycles. The summed E-state index contributed by atoms with van der Waals surface area (Å²) in [5, 5.41) is 0. The summed E-state index contributed by atoms with van der Waals surface area (Å²) in [6.45, 7) is 0.799. The molecule has 2 aromatic carbocycles. The lowest BCUT2D eigenvalue weighted by atomic mass is 10.1. The van der Waals surface area contributed by atoms with Gasteiger partial charge in [0, 0.05) is 0 Å². The Morgan fingerprint density at radius 1 is 0.944 bits per heavy atom. The number of nitrogens with two attached hydrogens (primary N) is 1. The number of ether oxygens (including phenoxy) is 1. The first-order valence-corrected chi connectivity index (χ1v) is 6.40. The van der Waals surface area contributed by atoms with Crippen LogP contribution in [0.25, 0.3) is 0 Å². The lowest BCUT2D eigenvalue weighted by Crippen LogP contribution is -2.01. The Balaban J connectivity index is 1.68. The summed E-state index contributed by atoms with van der Waals surface area (Å²) in [4.78, 5) is 0. The summed E-state index contributed by atoms with van der Waals surface area (Å²) >= 11 is 0. The molecular weight excluding hydrogens is 222 g/mol. The van der Waals surface area contributed by atoms with Crippen molar-refractivity contribution in [3.05, 3.63) is 60.2 Å². The van der Waals surface area contributed by atoms with Crippen LogP contribution in [-0.2, 0) is 0 Å². The lowest BCUT2D eigenvalue weighted by Gasteiger charge is -2.06. The molecule has 0 saturated heterocycles. The maximum Gasteiger partial charge on any atom is 0.127 e. The van der Waals surface area contributed by atoms with E-state index < -0.39 is 0 Å². The van der Waals surface area contributed by atoms with Gasteiger partial charge in [-0.3, -0.25) is 0 Å². The maximum absolute atomic E-state index is 5.76. The largest absolute Gasteiger partial charge is 0.457 e. The zero-order chi connectivity index (χ0) is 12.4. The Kier molecular flexibility index (Phi) is 3.03. The van der Waals surface area contributed by atoms with E-state index in [2.05, 4.69) is 12.1 Å². The molecule has 0 radical (unpaired) electrons. The van der Waals surface area contributed by atoms with E-state index in [4.69, 9.17) is 10.5 Å². The van der Waals surface area contributed by atoms with Crippen molar-refractivity contribution < 1.29 is 4.74 Å². The van der Waals surface area contributed by atoms with Gasteiger partial charge in [-0.2, -0.15) is 0 Å². The molecule has 2 aromatic rings. The van der Waals surface area contributed by atoms with Gasteiger partial charge in [0.2, 0.25) is 0 Å². The van der Waals surface area contributed by atoms with E-state index in [0.717, 1.165) is 18.0 Å². The van der Waals surface area contributed by atoms with Gasteiger partial charge in [-0.05, 0) is 54.6 Å². The minimum Gasteiger partial charge on any atom is -0.457 e. The molecule has 0 amide bonds. The molecule has 2 unspecified atom stereocenters. The minimum absolute atomic E-state index is 0.667. The van der Waals surface area contributed by atoms with Gasteiger partial charge in [-0.15, -0.1) is 0 Å². The molecule has 0 bridgehead atoms. The molecule has 1 saturated carbocycles. The number of hydrogen-bond acceptors (Lipinski definition) is 2. The number of benzene rings is 2. The summed E-state index contributed by atoms with van der Waals surface area (Å²) < 4.78 is 5.76. The summed E-state index contributed by atoms with van der Waals surface area (Å²) in [7, 11) is 0. The quantitative estimate of drug-likeness (QED) is 0.885. The van der Waals surface area contributed by atoms with E-state index in [9.17, 15) is 0 Å². The molecule has 1 aliphatic rings. The number of rotatable bonds is 4. The van der Waals surface area contributed by atoms with E-state index in [1.54, 1.807) is 0 Å². The highest BCUT2D eigenvalue weighted by atomic mass is 16.5. The molecule has 0 spiro atoms. The maximum atomic E-state index is 5.76. The highest BCUT2D eigenvalue weighted by Gasteiger charge is 2.36. The zero-order valence-electron chi connectivity index (χ0n) is 10.3. The van der Waals surface area contributed by atoms with E-state index in [1.165, 1.54) is 12.0 Å². The third-order valence-corrected chi connectivity index (χ3v) is 3.51. The van der Waals surface area contributed by atoms with Crippen LogP contribution in [0.2, 0.25) is 0 Å². The first-order chi connectivity index (χ1) is 8.86. The van der Waals surface area contributed by atoms with Crippen LogP contribution in [0.4, 0.5) is 0 Å². The standard InChI is InChI=1S/C16H17NO/c17-11-13-10-16(13)12-6-8-15(9-7-12)18-14-4-2-1-3-5-14/h1-9,13,16H,10-11,17H2. The van der Waals surface area contributed by atoms with Crippen molar-refractivity contribution in [1.82, 2.24) is 0 Å². The highest BCUT2D eigenvalue weighted by molar-refractivity contribution is 5.35. The van der Waals surface area contributed by atoms with Gasteiger partial charge < -0.3 is 10.5 Å².